The molecule has 0 aliphatic heterocycles. The van der Waals surface area contributed by atoms with E-state index in [0.29, 0.717) is 5.52 Å². The number of nitrogens with zero attached hydrogens (tertiary/aromatic N) is 3. The zero-order valence-electron chi connectivity index (χ0n) is 16.4. The smallest absolute Gasteiger partial charge is 0.335 e. The number of benzene rings is 2. The van der Waals surface area contributed by atoms with Crippen LogP contribution in [0.2, 0.25) is 0 Å². The van der Waals surface area contributed by atoms with Gasteiger partial charge in [0, 0.05) is 21.1 Å². The molecule has 8 heteroatoms. The number of carboxylic acid groups (broad SMARTS) is 1. The Morgan fingerprint density at radius 1 is 1.00 bits per heavy atom. The van der Waals surface area contributed by atoms with Gasteiger partial charge < -0.3 is 10.0 Å². The van der Waals surface area contributed by atoms with Gasteiger partial charge in [-0.05, 0) is 29.3 Å². The van der Waals surface area contributed by atoms with Gasteiger partial charge in [-0.25, -0.2) is 9.59 Å². The van der Waals surface area contributed by atoms with Gasteiger partial charge in [0.1, 0.15) is 0 Å². The summed E-state index contributed by atoms with van der Waals surface area (Å²) in [5.74, 6) is -1.17. The first-order valence-corrected chi connectivity index (χ1v) is 8.94. The third-order valence-corrected chi connectivity index (χ3v) is 4.82. The molecule has 29 heavy (non-hydrogen) atoms. The van der Waals surface area contributed by atoms with E-state index < -0.39 is 17.2 Å². The van der Waals surface area contributed by atoms with E-state index in [1.807, 2.05) is 0 Å². The Labute approximate surface area is 166 Å². The topological polar surface area (TPSA) is 102 Å². The summed E-state index contributed by atoms with van der Waals surface area (Å²) in [7, 11) is 4.92. The number of likely N-dealkylation sites (N-methyl/N-ethyl adjacent to an activating group) is 1. The van der Waals surface area contributed by atoms with Crippen LogP contribution in [0.4, 0.5) is 0 Å². The molecule has 0 aliphatic rings. The van der Waals surface area contributed by atoms with Crippen molar-refractivity contribution in [2.24, 2.45) is 7.05 Å². The van der Waals surface area contributed by atoms with E-state index in [2.05, 4.69) is 0 Å². The van der Waals surface area contributed by atoms with Gasteiger partial charge in [-0.15, -0.1) is 0 Å². The zero-order chi connectivity index (χ0) is 21.3. The van der Waals surface area contributed by atoms with E-state index in [1.54, 1.807) is 38.4 Å². The van der Waals surface area contributed by atoms with Gasteiger partial charge in [-0.3, -0.25) is 18.7 Å². The van der Waals surface area contributed by atoms with Crippen molar-refractivity contribution >= 4 is 22.8 Å². The molecule has 3 aromatic rings. The van der Waals surface area contributed by atoms with Crippen molar-refractivity contribution in [3.63, 3.8) is 0 Å². The van der Waals surface area contributed by atoms with Crippen molar-refractivity contribution in [3.05, 3.63) is 80.0 Å². The summed E-state index contributed by atoms with van der Waals surface area (Å²) in [4.78, 5) is 50.1. The maximum atomic E-state index is 12.9. The van der Waals surface area contributed by atoms with Crippen LogP contribution in [0.5, 0.6) is 0 Å². The van der Waals surface area contributed by atoms with Crippen LogP contribution in [0.15, 0.2) is 52.1 Å². The fourth-order valence-electron chi connectivity index (χ4n) is 3.07. The SMILES string of the molecule is CN(C)C(=O)Cc1ccc(Cn2c(=O)c3cc(C(=O)O)ccc3n(C)c2=O)cc1. The van der Waals surface area contributed by atoms with Crippen LogP contribution in [0, 0.1) is 0 Å². The molecule has 3 rings (SSSR count). The molecule has 0 atom stereocenters. The van der Waals surface area contributed by atoms with E-state index in [4.69, 9.17) is 0 Å². The number of hydrogen-bond acceptors (Lipinski definition) is 4. The number of fused-ring (bicyclic) bond motifs is 1. The Bertz CT molecular complexity index is 1220. The molecule has 1 amide bonds. The van der Waals surface area contributed by atoms with E-state index in [-0.39, 0.29) is 29.8 Å². The predicted octanol–water partition coefficient (Wildman–Crippen LogP) is 1.08. The quantitative estimate of drug-likeness (QED) is 0.697. The maximum Gasteiger partial charge on any atom is 0.335 e. The number of rotatable bonds is 5. The molecule has 150 valence electrons. The van der Waals surface area contributed by atoms with Crippen LogP contribution in [0.1, 0.15) is 21.5 Å². The number of hydrogen-bond donors (Lipinski definition) is 1. The molecule has 0 bridgehead atoms. The van der Waals surface area contributed by atoms with Crippen LogP contribution in [0.3, 0.4) is 0 Å². The second-order valence-electron chi connectivity index (χ2n) is 7.05. The Balaban J connectivity index is 2.00. The molecule has 0 unspecified atom stereocenters. The van der Waals surface area contributed by atoms with Crippen LogP contribution in [-0.4, -0.2) is 45.1 Å². The summed E-state index contributed by atoms with van der Waals surface area (Å²) in [6, 6.07) is 11.2. The van der Waals surface area contributed by atoms with Crippen LogP contribution < -0.4 is 11.2 Å². The van der Waals surface area contributed by atoms with E-state index in [9.17, 15) is 24.3 Å². The number of aromatic nitrogens is 2. The molecule has 8 nitrogen and oxygen atoms in total. The highest BCUT2D eigenvalue weighted by atomic mass is 16.4. The number of amides is 1. The van der Waals surface area contributed by atoms with Crippen molar-refractivity contribution in [1.82, 2.24) is 14.0 Å². The lowest BCUT2D eigenvalue weighted by Crippen LogP contribution is -2.39. The Hall–Kier alpha value is -3.68. The lowest BCUT2D eigenvalue weighted by Gasteiger charge is -2.12. The van der Waals surface area contributed by atoms with E-state index >= 15 is 0 Å². The number of carboxylic acids is 1. The molecule has 0 aliphatic carbocycles. The molecule has 0 saturated heterocycles. The third-order valence-electron chi connectivity index (χ3n) is 4.82. The molecule has 0 saturated carbocycles. The molecule has 2 aromatic carbocycles. The molecule has 1 heterocycles. The average Bonchev–Trinajstić information content (AvgIpc) is 2.70. The summed E-state index contributed by atoms with van der Waals surface area (Å²) in [5, 5.41) is 9.35. The number of carbonyl (C=O) groups excluding carboxylic acids is 1. The standard InChI is InChI=1S/C21H21N3O5/c1-22(2)18(25)10-13-4-6-14(7-5-13)12-24-19(26)16-11-15(20(27)28)8-9-17(16)23(3)21(24)29/h4-9,11H,10,12H2,1-3H3,(H,27,28). The summed E-state index contributed by atoms with van der Waals surface area (Å²) in [6.45, 7) is 0.0423. The maximum absolute atomic E-state index is 12.9. The summed E-state index contributed by atoms with van der Waals surface area (Å²) >= 11 is 0. The van der Waals surface area contributed by atoms with Gasteiger partial charge in [-0.2, -0.15) is 0 Å². The van der Waals surface area contributed by atoms with Gasteiger partial charge in [-0.1, -0.05) is 24.3 Å². The minimum Gasteiger partial charge on any atom is -0.478 e. The highest BCUT2D eigenvalue weighted by molar-refractivity contribution is 5.93. The first-order valence-electron chi connectivity index (χ1n) is 8.94. The fraction of sp³-hybridized carbons (Fsp3) is 0.238. The highest BCUT2D eigenvalue weighted by Crippen LogP contribution is 2.12. The van der Waals surface area contributed by atoms with Gasteiger partial charge in [0.25, 0.3) is 5.56 Å². The number of aromatic carboxylic acids is 1. The molecule has 1 aromatic heterocycles. The van der Waals surface area contributed by atoms with Gasteiger partial charge in [0.2, 0.25) is 5.91 Å². The predicted molar refractivity (Wildman–Crippen MR) is 108 cm³/mol. The molecule has 1 N–H and O–H groups in total. The highest BCUT2D eigenvalue weighted by Gasteiger charge is 2.14. The first-order chi connectivity index (χ1) is 13.7. The van der Waals surface area contributed by atoms with E-state index in [1.165, 1.54) is 34.7 Å². The minimum absolute atomic E-state index is 0.0188. The second-order valence-corrected chi connectivity index (χ2v) is 7.05. The molecule has 0 fully saturated rings. The average molecular weight is 395 g/mol. The summed E-state index contributed by atoms with van der Waals surface area (Å²) in [6.07, 6.45) is 0.267. The lowest BCUT2D eigenvalue weighted by molar-refractivity contribution is -0.127. The Morgan fingerprint density at radius 2 is 1.62 bits per heavy atom. The zero-order valence-corrected chi connectivity index (χ0v) is 16.4. The second kappa shape index (κ2) is 7.75. The molecular formula is C21H21N3O5. The minimum atomic E-state index is -1.14. The van der Waals surface area contributed by atoms with Gasteiger partial charge >= 0.3 is 11.7 Å². The van der Waals surface area contributed by atoms with Gasteiger partial charge in [0.15, 0.2) is 0 Å². The van der Waals surface area contributed by atoms with Gasteiger partial charge in [0.05, 0.1) is 29.4 Å². The van der Waals surface area contributed by atoms with Crippen molar-refractivity contribution in [1.29, 1.82) is 0 Å². The third kappa shape index (κ3) is 3.96. The first kappa shape index (κ1) is 20.1. The number of aryl methyl sites for hydroxylation is 1. The summed E-state index contributed by atoms with van der Waals surface area (Å²) in [5.41, 5.74) is 0.875. The fourth-order valence-corrected chi connectivity index (χ4v) is 3.07. The van der Waals surface area contributed by atoms with Crippen LogP contribution >= 0.6 is 0 Å². The molecular weight excluding hydrogens is 374 g/mol. The van der Waals surface area contributed by atoms with Crippen molar-refractivity contribution in [2.45, 2.75) is 13.0 Å². The largest absolute Gasteiger partial charge is 0.478 e. The summed E-state index contributed by atoms with van der Waals surface area (Å²) < 4.78 is 2.40. The van der Waals surface area contributed by atoms with Crippen LogP contribution in [-0.2, 0) is 24.8 Å². The number of carbonyl (C=O) groups is 2. The normalized spacial score (nSPS) is 10.9. The monoisotopic (exact) mass is 395 g/mol. The Morgan fingerprint density at radius 3 is 2.21 bits per heavy atom. The van der Waals surface area contributed by atoms with E-state index in [0.717, 1.165) is 15.7 Å². The van der Waals surface area contributed by atoms with Crippen LogP contribution in [0.25, 0.3) is 10.9 Å². The van der Waals surface area contributed by atoms with Crippen molar-refractivity contribution in [3.8, 4) is 0 Å². The molecule has 0 spiro atoms. The lowest BCUT2D eigenvalue weighted by atomic mass is 10.1. The van der Waals surface area contributed by atoms with Crippen molar-refractivity contribution < 1.29 is 14.7 Å². The molecule has 0 radical (unpaired) electrons. The Kier molecular flexibility index (Phi) is 5.36. The van der Waals surface area contributed by atoms with Crippen molar-refractivity contribution in [2.75, 3.05) is 14.1 Å².